The van der Waals surface area contributed by atoms with Gasteiger partial charge in [-0.3, -0.25) is 0 Å². The van der Waals surface area contributed by atoms with Crippen molar-refractivity contribution in [1.82, 2.24) is 0 Å². The largest absolute Gasteiger partial charge is 1.00 e. The molecule has 9 heteroatoms. The normalized spacial score (nSPS) is 12.6. The van der Waals surface area contributed by atoms with Gasteiger partial charge in [-0.15, -0.1) is 0 Å². The molecule has 0 aliphatic carbocycles. The predicted octanol–water partition coefficient (Wildman–Crippen LogP) is 0.637. The molecule has 22 heavy (non-hydrogen) atoms. The standard InChI is InChI=1S/C13H9Cl3O4S.Na/c14-9-4-5-10(15)12(16)11(9)13(17)7-2-1-3-8(6-7)21(18,19)20;/h1-6,13,17H,(H,18,19,20);/q;+1/p-1. The zero-order valence-corrected chi connectivity index (χ0v) is 16.3. The van der Waals surface area contributed by atoms with Crippen molar-refractivity contribution in [3.8, 4) is 0 Å². The van der Waals surface area contributed by atoms with Gasteiger partial charge in [0, 0.05) is 10.6 Å². The van der Waals surface area contributed by atoms with Gasteiger partial charge < -0.3 is 9.66 Å². The van der Waals surface area contributed by atoms with Crippen LogP contribution in [0.1, 0.15) is 17.2 Å². The average Bonchev–Trinajstić information content (AvgIpc) is 2.42. The summed E-state index contributed by atoms with van der Waals surface area (Å²) in [5.74, 6) is 0. The van der Waals surface area contributed by atoms with Crippen LogP contribution >= 0.6 is 34.8 Å². The smallest absolute Gasteiger partial charge is 0.744 e. The zero-order valence-electron chi connectivity index (χ0n) is 11.3. The Balaban J connectivity index is 0.00000242. The summed E-state index contributed by atoms with van der Waals surface area (Å²) in [5.41, 5.74) is 0.310. The van der Waals surface area contributed by atoms with E-state index in [0.717, 1.165) is 12.1 Å². The second-order valence-electron chi connectivity index (χ2n) is 4.19. The average molecular weight is 390 g/mol. The van der Waals surface area contributed by atoms with E-state index in [-0.39, 0.29) is 55.8 Å². The number of rotatable bonds is 3. The third-order valence-electron chi connectivity index (χ3n) is 2.82. The first-order valence-corrected chi connectivity index (χ1v) is 8.13. The predicted molar refractivity (Wildman–Crippen MR) is 79.9 cm³/mol. The molecule has 0 fully saturated rings. The molecule has 1 N–H and O–H groups in total. The Morgan fingerprint density at radius 1 is 1.05 bits per heavy atom. The third-order valence-corrected chi connectivity index (χ3v) is 4.80. The van der Waals surface area contributed by atoms with Gasteiger partial charge in [0.1, 0.15) is 16.2 Å². The van der Waals surface area contributed by atoms with E-state index in [2.05, 4.69) is 0 Å². The molecule has 2 rings (SSSR count). The monoisotopic (exact) mass is 388 g/mol. The van der Waals surface area contributed by atoms with Crippen LogP contribution in [0.15, 0.2) is 41.3 Å². The van der Waals surface area contributed by atoms with Gasteiger partial charge in [0.2, 0.25) is 0 Å². The molecule has 0 amide bonds. The van der Waals surface area contributed by atoms with Crippen LogP contribution in [-0.4, -0.2) is 18.1 Å². The summed E-state index contributed by atoms with van der Waals surface area (Å²) in [6.07, 6.45) is -1.31. The Morgan fingerprint density at radius 2 is 1.64 bits per heavy atom. The molecule has 0 saturated carbocycles. The quantitative estimate of drug-likeness (QED) is 0.475. The van der Waals surface area contributed by atoms with E-state index in [1.807, 2.05) is 0 Å². The van der Waals surface area contributed by atoms with Gasteiger partial charge in [0.25, 0.3) is 0 Å². The van der Waals surface area contributed by atoms with Crippen molar-refractivity contribution in [2.75, 3.05) is 0 Å². The van der Waals surface area contributed by atoms with Crippen LogP contribution in [0.3, 0.4) is 0 Å². The maximum atomic E-state index is 11.0. The summed E-state index contributed by atoms with van der Waals surface area (Å²) in [7, 11) is -4.62. The van der Waals surface area contributed by atoms with Crippen LogP contribution in [0.4, 0.5) is 0 Å². The number of hydrogen-bond donors (Lipinski definition) is 1. The number of halogens is 3. The van der Waals surface area contributed by atoms with Gasteiger partial charge in [0.05, 0.1) is 14.9 Å². The molecule has 4 nitrogen and oxygen atoms in total. The summed E-state index contributed by atoms with van der Waals surface area (Å²) in [6.45, 7) is 0. The van der Waals surface area contributed by atoms with E-state index in [4.69, 9.17) is 34.8 Å². The second-order valence-corrected chi connectivity index (χ2v) is 6.76. The van der Waals surface area contributed by atoms with Crippen LogP contribution in [0.25, 0.3) is 0 Å². The Bertz CT molecular complexity index is 796. The van der Waals surface area contributed by atoms with Crippen molar-refractivity contribution in [2.24, 2.45) is 0 Å². The molecular formula is C13H8Cl3NaO4S. The van der Waals surface area contributed by atoms with E-state index in [1.165, 1.54) is 24.3 Å². The minimum atomic E-state index is -4.62. The molecule has 1 unspecified atom stereocenters. The molecule has 0 aliphatic rings. The van der Waals surface area contributed by atoms with Gasteiger partial charge in [-0.25, -0.2) is 8.42 Å². The van der Waals surface area contributed by atoms with Gasteiger partial charge in [-0.05, 0) is 29.8 Å². The van der Waals surface area contributed by atoms with E-state index < -0.39 is 21.1 Å². The van der Waals surface area contributed by atoms with Crippen LogP contribution in [0.2, 0.25) is 15.1 Å². The molecule has 0 saturated heterocycles. The summed E-state index contributed by atoms with van der Waals surface area (Å²) in [4.78, 5) is -0.451. The number of benzene rings is 2. The third kappa shape index (κ3) is 4.38. The molecule has 2 aromatic rings. The van der Waals surface area contributed by atoms with Crippen molar-refractivity contribution in [2.45, 2.75) is 11.0 Å². The molecule has 1 atom stereocenters. The van der Waals surface area contributed by atoms with Gasteiger partial charge >= 0.3 is 29.6 Å². The summed E-state index contributed by atoms with van der Waals surface area (Å²) < 4.78 is 33.1. The molecule has 0 aliphatic heterocycles. The SMILES string of the molecule is O=S(=O)([O-])c1cccc(C(O)c2c(Cl)ccc(Cl)c2Cl)c1.[Na+]. The summed E-state index contributed by atoms with van der Waals surface area (Å²) in [6, 6.07) is 7.94. The van der Waals surface area contributed by atoms with Crippen LogP contribution in [0, 0.1) is 0 Å². The van der Waals surface area contributed by atoms with Crippen LogP contribution < -0.4 is 29.6 Å². The molecule has 0 aromatic heterocycles. The fourth-order valence-corrected chi connectivity index (χ4v) is 3.07. The number of aliphatic hydroxyl groups is 1. The first-order valence-electron chi connectivity index (χ1n) is 5.59. The van der Waals surface area contributed by atoms with Crippen LogP contribution in [0.5, 0.6) is 0 Å². The minimum Gasteiger partial charge on any atom is -0.744 e. The molecule has 2 aromatic carbocycles. The van der Waals surface area contributed by atoms with Gasteiger partial charge in [-0.1, -0.05) is 46.9 Å². The zero-order chi connectivity index (χ0) is 15.8. The first-order chi connectivity index (χ1) is 9.71. The maximum absolute atomic E-state index is 11.0. The van der Waals surface area contributed by atoms with Gasteiger partial charge in [0.15, 0.2) is 0 Å². The Hall–Kier alpha value is 0.180. The topological polar surface area (TPSA) is 77.4 Å². The number of aliphatic hydroxyl groups excluding tert-OH is 1. The van der Waals surface area contributed by atoms with Crippen molar-refractivity contribution in [3.63, 3.8) is 0 Å². The summed E-state index contributed by atoms with van der Waals surface area (Å²) >= 11 is 17.9. The fraction of sp³-hybridized carbons (Fsp3) is 0.0769. The van der Waals surface area contributed by atoms with E-state index >= 15 is 0 Å². The minimum absolute atomic E-state index is 0. The molecule has 112 valence electrons. The van der Waals surface area contributed by atoms with Crippen molar-refractivity contribution >= 4 is 44.9 Å². The van der Waals surface area contributed by atoms with Gasteiger partial charge in [-0.2, -0.15) is 0 Å². The Kier molecular flexibility index (Phi) is 7.20. The molecule has 0 heterocycles. The van der Waals surface area contributed by atoms with E-state index in [9.17, 15) is 18.1 Å². The molecular weight excluding hydrogens is 382 g/mol. The molecule has 0 spiro atoms. The Labute approximate surface area is 165 Å². The second kappa shape index (κ2) is 7.83. The van der Waals surface area contributed by atoms with Crippen molar-refractivity contribution in [1.29, 1.82) is 0 Å². The maximum Gasteiger partial charge on any atom is 1.00 e. The number of hydrogen-bond acceptors (Lipinski definition) is 4. The molecule has 0 radical (unpaired) electrons. The van der Waals surface area contributed by atoms with E-state index in [0.29, 0.717) is 0 Å². The van der Waals surface area contributed by atoms with Crippen molar-refractivity contribution in [3.05, 3.63) is 62.6 Å². The summed E-state index contributed by atoms with van der Waals surface area (Å²) in [5, 5.41) is 10.8. The molecule has 0 bridgehead atoms. The fourth-order valence-electron chi connectivity index (χ4n) is 1.80. The van der Waals surface area contributed by atoms with E-state index in [1.54, 1.807) is 0 Å². The van der Waals surface area contributed by atoms with Crippen molar-refractivity contribution < 1.29 is 47.6 Å². The Morgan fingerprint density at radius 3 is 2.23 bits per heavy atom. The first kappa shape index (κ1) is 20.2. The van der Waals surface area contributed by atoms with Crippen LogP contribution in [-0.2, 0) is 10.1 Å².